The highest BCUT2D eigenvalue weighted by Crippen LogP contribution is 2.32. The molecule has 2 N–H and O–H groups in total. The SMILES string of the molecule is COC(=O)Nc1ccc2[nH]c3c(c2c1)CC(N(C)C)CC3. The summed E-state index contributed by atoms with van der Waals surface area (Å²) >= 11 is 0. The Morgan fingerprint density at radius 1 is 1.43 bits per heavy atom. The highest BCUT2D eigenvalue weighted by atomic mass is 16.5. The highest BCUT2D eigenvalue weighted by Gasteiger charge is 2.23. The number of benzene rings is 1. The van der Waals surface area contributed by atoms with Crippen LogP contribution in [0, 0.1) is 0 Å². The number of carbonyl (C=O) groups is 1. The van der Waals surface area contributed by atoms with Gasteiger partial charge in [-0.25, -0.2) is 4.79 Å². The molecule has 0 radical (unpaired) electrons. The molecule has 112 valence electrons. The molecule has 2 aromatic rings. The summed E-state index contributed by atoms with van der Waals surface area (Å²) in [5, 5.41) is 3.93. The Bertz CT molecular complexity index is 675. The van der Waals surface area contributed by atoms with Gasteiger partial charge in [0.15, 0.2) is 0 Å². The van der Waals surface area contributed by atoms with Crippen LogP contribution in [0.4, 0.5) is 10.5 Å². The molecule has 0 fully saturated rings. The van der Waals surface area contributed by atoms with Crippen molar-refractivity contribution in [2.45, 2.75) is 25.3 Å². The summed E-state index contributed by atoms with van der Waals surface area (Å²) < 4.78 is 4.64. The molecule has 5 nitrogen and oxygen atoms in total. The Kier molecular flexibility index (Phi) is 3.59. The van der Waals surface area contributed by atoms with Gasteiger partial charge in [0.25, 0.3) is 0 Å². The fourth-order valence-corrected chi connectivity index (χ4v) is 3.09. The molecule has 3 rings (SSSR count). The molecular weight excluding hydrogens is 266 g/mol. The molecule has 0 spiro atoms. The predicted molar refractivity (Wildman–Crippen MR) is 83.8 cm³/mol. The summed E-state index contributed by atoms with van der Waals surface area (Å²) in [7, 11) is 5.64. The third-order valence-corrected chi connectivity index (χ3v) is 4.32. The Morgan fingerprint density at radius 2 is 2.24 bits per heavy atom. The molecule has 0 aliphatic heterocycles. The number of hydrogen-bond acceptors (Lipinski definition) is 3. The number of carbonyl (C=O) groups excluding carboxylic acids is 1. The van der Waals surface area contributed by atoms with Gasteiger partial charge in [-0.3, -0.25) is 5.32 Å². The van der Waals surface area contributed by atoms with Crippen molar-refractivity contribution in [1.29, 1.82) is 0 Å². The first kappa shape index (κ1) is 13.9. The zero-order valence-corrected chi connectivity index (χ0v) is 12.7. The number of likely N-dealkylation sites (N-methyl/N-ethyl adjacent to an activating group) is 1. The quantitative estimate of drug-likeness (QED) is 0.893. The van der Waals surface area contributed by atoms with E-state index in [-0.39, 0.29) is 0 Å². The summed E-state index contributed by atoms with van der Waals surface area (Å²) in [4.78, 5) is 17.1. The first-order valence-electron chi connectivity index (χ1n) is 7.23. The average Bonchev–Trinajstić information content (AvgIpc) is 2.84. The van der Waals surface area contributed by atoms with Gasteiger partial charge in [-0.2, -0.15) is 0 Å². The van der Waals surface area contributed by atoms with E-state index >= 15 is 0 Å². The van der Waals surface area contributed by atoms with E-state index in [1.165, 1.54) is 30.2 Å². The minimum absolute atomic E-state index is 0.440. The fourth-order valence-electron chi connectivity index (χ4n) is 3.09. The summed E-state index contributed by atoms with van der Waals surface area (Å²) in [6, 6.07) is 6.52. The molecule has 1 aromatic heterocycles. The van der Waals surface area contributed by atoms with E-state index in [1.807, 2.05) is 18.2 Å². The number of ether oxygens (including phenoxy) is 1. The van der Waals surface area contributed by atoms with Crippen molar-refractivity contribution in [1.82, 2.24) is 9.88 Å². The molecule has 1 aliphatic rings. The summed E-state index contributed by atoms with van der Waals surface area (Å²) in [5.74, 6) is 0. The van der Waals surface area contributed by atoms with E-state index in [0.717, 1.165) is 24.0 Å². The monoisotopic (exact) mass is 287 g/mol. The molecule has 5 heteroatoms. The topological polar surface area (TPSA) is 57.4 Å². The van der Waals surface area contributed by atoms with Gasteiger partial charge in [-0.05, 0) is 57.1 Å². The maximum absolute atomic E-state index is 11.3. The number of hydrogen-bond donors (Lipinski definition) is 2. The van der Waals surface area contributed by atoms with E-state index in [2.05, 4.69) is 34.0 Å². The van der Waals surface area contributed by atoms with Gasteiger partial charge in [0.05, 0.1) is 7.11 Å². The Morgan fingerprint density at radius 3 is 2.95 bits per heavy atom. The minimum Gasteiger partial charge on any atom is -0.453 e. The number of nitrogens with one attached hydrogen (secondary N) is 2. The molecule has 1 atom stereocenters. The molecule has 0 saturated heterocycles. The van der Waals surface area contributed by atoms with Crippen molar-refractivity contribution in [2.24, 2.45) is 0 Å². The third kappa shape index (κ3) is 2.61. The van der Waals surface area contributed by atoms with E-state index in [1.54, 1.807) is 0 Å². The zero-order valence-electron chi connectivity index (χ0n) is 12.7. The molecule has 1 aromatic carbocycles. The van der Waals surface area contributed by atoms with Crippen LogP contribution in [-0.4, -0.2) is 43.2 Å². The number of H-pyrrole nitrogens is 1. The lowest BCUT2D eigenvalue weighted by Gasteiger charge is -2.28. The minimum atomic E-state index is -0.440. The normalized spacial score (nSPS) is 17.8. The second kappa shape index (κ2) is 5.41. The second-order valence-corrected chi connectivity index (χ2v) is 5.82. The van der Waals surface area contributed by atoms with Crippen LogP contribution in [-0.2, 0) is 17.6 Å². The summed E-state index contributed by atoms with van der Waals surface area (Å²) in [6.07, 6.45) is 2.86. The van der Waals surface area contributed by atoms with Crippen LogP contribution >= 0.6 is 0 Å². The van der Waals surface area contributed by atoms with E-state index < -0.39 is 6.09 Å². The number of anilines is 1. The second-order valence-electron chi connectivity index (χ2n) is 5.82. The largest absolute Gasteiger partial charge is 0.453 e. The maximum atomic E-state index is 11.3. The van der Waals surface area contributed by atoms with E-state index in [4.69, 9.17) is 0 Å². The van der Waals surface area contributed by atoms with Gasteiger partial charge in [-0.15, -0.1) is 0 Å². The number of nitrogens with zero attached hydrogens (tertiary/aromatic N) is 1. The standard InChI is InChI=1S/C16H21N3O2/c1-19(2)11-5-7-15-13(9-11)12-8-10(17-16(20)21-3)4-6-14(12)18-15/h4,6,8,11,18H,5,7,9H2,1-3H3,(H,17,20). The number of amides is 1. The molecule has 1 heterocycles. The number of aromatic nitrogens is 1. The molecule has 0 bridgehead atoms. The van der Waals surface area contributed by atoms with Crippen LogP contribution in [0.25, 0.3) is 10.9 Å². The number of fused-ring (bicyclic) bond motifs is 3. The van der Waals surface area contributed by atoms with Crippen molar-refractivity contribution in [3.63, 3.8) is 0 Å². The molecule has 0 saturated carbocycles. The number of aryl methyl sites for hydroxylation is 1. The van der Waals surface area contributed by atoms with Crippen LogP contribution in [0.3, 0.4) is 0 Å². The third-order valence-electron chi connectivity index (χ3n) is 4.32. The lowest BCUT2D eigenvalue weighted by atomic mass is 9.91. The Labute approximate surface area is 124 Å². The van der Waals surface area contributed by atoms with E-state index in [0.29, 0.717) is 6.04 Å². The van der Waals surface area contributed by atoms with Crippen molar-refractivity contribution in [3.8, 4) is 0 Å². The Balaban J connectivity index is 1.97. The maximum Gasteiger partial charge on any atom is 0.411 e. The van der Waals surface area contributed by atoms with Crippen LogP contribution in [0.15, 0.2) is 18.2 Å². The van der Waals surface area contributed by atoms with Gasteiger partial charge in [0.1, 0.15) is 0 Å². The number of rotatable bonds is 2. The lowest BCUT2D eigenvalue weighted by Crippen LogP contribution is -2.33. The molecular formula is C16H21N3O2. The molecule has 1 amide bonds. The lowest BCUT2D eigenvalue weighted by molar-refractivity contribution is 0.187. The first-order chi connectivity index (χ1) is 10.1. The molecule has 1 unspecified atom stereocenters. The van der Waals surface area contributed by atoms with Crippen LogP contribution in [0.5, 0.6) is 0 Å². The zero-order chi connectivity index (χ0) is 15.0. The summed E-state index contributed by atoms with van der Waals surface area (Å²) in [5.41, 5.74) is 4.61. The highest BCUT2D eigenvalue weighted by molar-refractivity contribution is 5.92. The van der Waals surface area contributed by atoms with Crippen LogP contribution < -0.4 is 5.32 Å². The van der Waals surface area contributed by atoms with Gasteiger partial charge in [-0.1, -0.05) is 0 Å². The summed E-state index contributed by atoms with van der Waals surface area (Å²) in [6.45, 7) is 0. The number of methoxy groups -OCH3 is 1. The van der Waals surface area contributed by atoms with E-state index in [9.17, 15) is 4.79 Å². The molecule has 1 aliphatic carbocycles. The first-order valence-corrected chi connectivity index (χ1v) is 7.23. The number of aromatic amines is 1. The van der Waals surface area contributed by atoms with Gasteiger partial charge in [0, 0.05) is 28.3 Å². The van der Waals surface area contributed by atoms with Gasteiger partial charge in [0.2, 0.25) is 0 Å². The van der Waals surface area contributed by atoms with Crippen LogP contribution in [0.2, 0.25) is 0 Å². The molecule has 21 heavy (non-hydrogen) atoms. The predicted octanol–water partition coefficient (Wildman–Crippen LogP) is 2.77. The van der Waals surface area contributed by atoms with Crippen molar-refractivity contribution in [3.05, 3.63) is 29.5 Å². The fraction of sp³-hybridized carbons (Fsp3) is 0.438. The van der Waals surface area contributed by atoms with Crippen molar-refractivity contribution < 1.29 is 9.53 Å². The van der Waals surface area contributed by atoms with Crippen molar-refractivity contribution >= 4 is 22.7 Å². The smallest absolute Gasteiger partial charge is 0.411 e. The Hall–Kier alpha value is -2.01. The van der Waals surface area contributed by atoms with Crippen molar-refractivity contribution in [2.75, 3.05) is 26.5 Å². The van der Waals surface area contributed by atoms with Crippen LogP contribution in [0.1, 0.15) is 17.7 Å². The average molecular weight is 287 g/mol. The van der Waals surface area contributed by atoms with Gasteiger partial charge < -0.3 is 14.6 Å². The van der Waals surface area contributed by atoms with Gasteiger partial charge >= 0.3 is 6.09 Å².